The second kappa shape index (κ2) is 4.76. The summed E-state index contributed by atoms with van der Waals surface area (Å²) < 4.78 is 5.68. The Morgan fingerprint density at radius 3 is 3.20 bits per heavy atom. The number of hydrogen-bond acceptors (Lipinski definition) is 5. The molecule has 102 valence electrons. The van der Waals surface area contributed by atoms with Crippen LogP contribution in [-0.2, 0) is 13.0 Å². The number of ether oxygens (including phenoxy) is 1. The molecule has 0 saturated carbocycles. The Morgan fingerprint density at radius 1 is 1.25 bits per heavy atom. The minimum Gasteiger partial charge on any atom is -0.490 e. The van der Waals surface area contributed by atoms with Crippen molar-refractivity contribution in [3.8, 4) is 5.75 Å². The predicted molar refractivity (Wildman–Crippen MR) is 76.4 cm³/mol. The number of rotatable bonds is 1. The third kappa shape index (κ3) is 1.91. The van der Waals surface area contributed by atoms with E-state index in [1.54, 1.807) is 0 Å². The Labute approximate surface area is 117 Å². The van der Waals surface area contributed by atoms with Gasteiger partial charge in [0.05, 0.1) is 17.9 Å². The fourth-order valence-corrected chi connectivity index (χ4v) is 2.73. The van der Waals surface area contributed by atoms with Crippen molar-refractivity contribution < 1.29 is 4.74 Å². The number of nitrogens with zero attached hydrogens (tertiary/aromatic N) is 3. The molecule has 0 atom stereocenters. The van der Waals surface area contributed by atoms with Gasteiger partial charge in [-0.25, -0.2) is 9.97 Å². The summed E-state index contributed by atoms with van der Waals surface area (Å²) in [5.74, 6) is 1.67. The van der Waals surface area contributed by atoms with Crippen molar-refractivity contribution in [2.45, 2.75) is 13.0 Å². The quantitative estimate of drug-likeness (QED) is 0.852. The van der Waals surface area contributed by atoms with Gasteiger partial charge in [0.2, 0.25) is 5.95 Å². The first kappa shape index (κ1) is 11.7. The Balaban J connectivity index is 1.75. The van der Waals surface area contributed by atoms with E-state index in [9.17, 15) is 0 Å². The highest BCUT2D eigenvalue weighted by molar-refractivity contribution is 5.66. The number of para-hydroxylation sites is 2. The topological polar surface area (TPSA) is 50.3 Å². The molecule has 3 heterocycles. The third-order valence-electron chi connectivity index (χ3n) is 3.77. The Bertz CT molecular complexity index is 644. The van der Waals surface area contributed by atoms with Gasteiger partial charge in [-0.3, -0.25) is 0 Å². The average molecular weight is 268 g/mol. The molecule has 20 heavy (non-hydrogen) atoms. The summed E-state index contributed by atoms with van der Waals surface area (Å²) in [5, 5.41) is 3.36. The molecule has 2 aromatic rings. The maximum Gasteiger partial charge on any atom is 0.230 e. The largest absolute Gasteiger partial charge is 0.490 e. The molecule has 0 aliphatic carbocycles. The van der Waals surface area contributed by atoms with Crippen LogP contribution in [0, 0.1) is 0 Å². The van der Waals surface area contributed by atoms with E-state index in [0.717, 1.165) is 49.1 Å². The summed E-state index contributed by atoms with van der Waals surface area (Å²) in [4.78, 5) is 11.4. The summed E-state index contributed by atoms with van der Waals surface area (Å²) in [6.07, 6.45) is 2.98. The molecule has 0 saturated heterocycles. The highest BCUT2D eigenvalue weighted by atomic mass is 16.5. The van der Waals surface area contributed by atoms with Crippen LogP contribution in [0.25, 0.3) is 0 Å². The molecular formula is C15H16N4O. The van der Waals surface area contributed by atoms with Crippen LogP contribution >= 0.6 is 0 Å². The Hall–Kier alpha value is -2.14. The van der Waals surface area contributed by atoms with Gasteiger partial charge in [-0.15, -0.1) is 0 Å². The first-order valence-electron chi connectivity index (χ1n) is 6.97. The minimum atomic E-state index is 0.662. The molecule has 0 spiro atoms. The van der Waals surface area contributed by atoms with E-state index in [1.807, 2.05) is 24.4 Å². The molecule has 5 heteroatoms. The number of fused-ring (bicyclic) bond motifs is 2. The minimum absolute atomic E-state index is 0.662. The fraction of sp³-hybridized carbons (Fsp3) is 0.333. The van der Waals surface area contributed by atoms with E-state index in [4.69, 9.17) is 9.72 Å². The van der Waals surface area contributed by atoms with Crippen LogP contribution < -0.4 is 15.0 Å². The summed E-state index contributed by atoms with van der Waals surface area (Å²) in [7, 11) is 0. The zero-order valence-electron chi connectivity index (χ0n) is 11.2. The summed E-state index contributed by atoms with van der Waals surface area (Å²) in [6, 6.07) is 8.04. The van der Waals surface area contributed by atoms with E-state index in [1.165, 1.54) is 5.56 Å². The van der Waals surface area contributed by atoms with Gasteiger partial charge in [0.15, 0.2) is 0 Å². The third-order valence-corrected chi connectivity index (χ3v) is 3.77. The van der Waals surface area contributed by atoms with Gasteiger partial charge in [0.1, 0.15) is 12.4 Å². The Kier molecular flexibility index (Phi) is 2.77. The molecule has 2 aliphatic heterocycles. The molecular weight excluding hydrogens is 252 g/mol. The van der Waals surface area contributed by atoms with Crippen LogP contribution in [0.3, 0.4) is 0 Å². The lowest BCUT2D eigenvalue weighted by molar-refractivity contribution is 0.313. The second-order valence-electron chi connectivity index (χ2n) is 5.04. The van der Waals surface area contributed by atoms with Crippen molar-refractivity contribution in [1.29, 1.82) is 0 Å². The van der Waals surface area contributed by atoms with Crippen LogP contribution in [-0.4, -0.2) is 29.7 Å². The molecule has 0 amide bonds. The fourth-order valence-electron chi connectivity index (χ4n) is 2.73. The molecule has 2 aliphatic rings. The van der Waals surface area contributed by atoms with Gasteiger partial charge in [0, 0.05) is 12.7 Å². The van der Waals surface area contributed by atoms with Crippen molar-refractivity contribution in [3.05, 3.63) is 41.7 Å². The standard InChI is InChI=1S/C15H16N4O/c1-2-4-14-13(3-1)19(7-8-20-14)15-17-9-11-5-6-16-10-12(11)18-15/h1-4,9,16H,5-8,10H2. The molecule has 0 unspecified atom stereocenters. The van der Waals surface area contributed by atoms with Crippen molar-refractivity contribution in [1.82, 2.24) is 15.3 Å². The second-order valence-corrected chi connectivity index (χ2v) is 5.04. The van der Waals surface area contributed by atoms with E-state index in [2.05, 4.69) is 21.3 Å². The lowest BCUT2D eigenvalue weighted by atomic mass is 10.1. The number of benzene rings is 1. The highest BCUT2D eigenvalue weighted by Gasteiger charge is 2.22. The van der Waals surface area contributed by atoms with Gasteiger partial charge in [-0.1, -0.05) is 12.1 Å². The predicted octanol–water partition coefficient (Wildman–Crippen LogP) is 1.65. The monoisotopic (exact) mass is 268 g/mol. The van der Waals surface area contributed by atoms with E-state index >= 15 is 0 Å². The van der Waals surface area contributed by atoms with Gasteiger partial charge in [-0.05, 0) is 30.7 Å². The van der Waals surface area contributed by atoms with Crippen molar-refractivity contribution >= 4 is 11.6 Å². The summed E-state index contributed by atoms with van der Waals surface area (Å²) in [5.41, 5.74) is 3.42. The number of aromatic nitrogens is 2. The van der Waals surface area contributed by atoms with E-state index in [-0.39, 0.29) is 0 Å². The van der Waals surface area contributed by atoms with Crippen LogP contribution in [0.5, 0.6) is 5.75 Å². The number of hydrogen-bond donors (Lipinski definition) is 1. The van der Waals surface area contributed by atoms with Crippen molar-refractivity contribution in [2.24, 2.45) is 0 Å². The van der Waals surface area contributed by atoms with Gasteiger partial charge in [0.25, 0.3) is 0 Å². The SMILES string of the molecule is c1ccc2c(c1)OCCN2c1ncc2c(n1)CNCC2. The summed E-state index contributed by atoms with van der Waals surface area (Å²) in [6.45, 7) is 3.28. The smallest absolute Gasteiger partial charge is 0.230 e. The molecule has 0 radical (unpaired) electrons. The van der Waals surface area contributed by atoms with Crippen molar-refractivity contribution in [3.63, 3.8) is 0 Å². The highest BCUT2D eigenvalue weighted by Crippen LogP contribution is 2.34. The lowest BCUT2D eigenvalue weighted by Crippen LogP contribution is -2.31. The number of nitrogens with one attached hydrogen (secondary N) is 1. The molecule has 1 aromatic carbocycles. The average Bonchev–Trinajstić information content (AvgIpc) is 2.54. The van der Waals surface area contributed by atoms with E-state index < -0.39 is 0 Å². The van der Waals surface area contributed by atoms with Gasteiger partial charge >= 0.3 is 0 Å². The lowest BCUT2D eigenvalue weighted by Gasteiger charge is -2.30. The van der Waals surface area contributed by atoms with Gasteiger partial charge in [-0.2, -0.15) is 0 Å². The summed E-state index contributed by atoms with van der Waals surface area (Å²) >= 11 is 0. The first-order valence-corrected chi connectivity index (χ1v) is 6.97. The first-order chi connectivity index (χ1) is 9.92. The van der Waals surface area contributed by atoms with Crippen LogP contribution in [0.2, 0.25) is 0 Å². The van der Waals surface area contributed by atoms with E-state index in [0.29, 0.717) is 6.61 Å². The number of anilines is 2. The Morgan fingerprint density at radius 2 is 2.20 bits per heavy atom. The zero-order chi connectivity index (χ0) is 13.4. The molecule has 5 nitrogen and oxygen atoms in total. The molecule has 0 bridgehead atoms. The van der Waals surface area contributed by atoms with Crippen LogP contribution in [0.1, 0.15) is 11.3 Å². The molecule has 4 rings (SSSR count). The van der Waals surface area contributed by atoms with Crippen LogP contribution in [0.15, 0.2) is 30.5 Å². The normalized spacial score (nSPS) is 17.1. The van der Waals surface area contributed by atoms with Gasteiger partial charge < -0.3 is 15.0 Å². The maximum atomic E-state index is 5.68. The van der Waals surface area contributed by atoms with Crippen LogP contribution in [0.4, 0.5) is 11.6 Å². The maximum absolute atomic E-state index is 5.68. The van der Waals surface area contributed by atoms with Crippen molar-refractivity contribution in [2.75, 3.05) is 24.6 Å². The molecule has 1 aromatic heterocycles. The molecule has 1 N–H and O–H groups in total. The zero-order valence-corrected chi connectivity index (χ0v) is 11.2. The molecule has 0 fully saturated rings.